The molecule has 3 N–H and O–H groups in total. The van der Waals surface area contributed by atoms with E-state index in [9.17, 15) is 9.18 Å². The van der Waals surface area contributed by atoms with Crippen LogP contribution < -0.4 is 11.1 Å². The molecule has 0 saturated carbocycles. The molecule has 1 aromatic rings. The van der Waals surface area contributed by atoms with E-state index in [0.717, 1.165) is 5.56 Å². The van der Waals surface area contributed by atoms with Crippen molar-refractivity contribution in [3.05, 3.63) is 35.6 Å². The molecule has 0 aliphatic heterocycles. The number of nitrogens with one attached hydrogen (secondary N) is 1. The lowest BCUT2D eigenvalue weighted by molar-refractivity contribution is -0.123. The normalized spacial score (nSPS) is 12.2. The fourth-order valence-corrected chi connectivity index (χ4v) is 1.58. The molecule has 0 spiro atoms. The standard InChI is InChI=1S/C13H19FN2O2/c1-18-12(9-15)8-13(17)16-6-5-10-3-2-4-11(14)7-10/h2-4,7,12H,5-6,8-9,15H2,1H3,(H,16,17). The van der Waals surface area contributed by atoms with Crippen molar-refractivity contribution in [3.8, 4) is 0 Å². The molecule has 1 rings (SSSR count). The number of hydrogen-bond acceptors (Lipinski definition) is 3. The van der Waals surface area contributed by atoms with E-state index in [0.29, 0.717) is 19.5 Å². The van der Waals surface area contributed by atoms with Crippen LogP contribution in [0.15, 0.2) is 24.3 Å². The Morgan fingerprint density at radius 1 is 1.56 bits per heavy atom. The maximum atomic E-state index is 12.9. The average molecular weight is 254 g/mol. The summed E-state index contributed by atoms with van der Waals surface area (Å²) >= 11 is 0. The molecule has 0 heterocycles. The average Bonchev–Trinajstić information content (AvgIpc) is 2.36. The van der Waals surface area contributed by atoms with E-state index in [2.05, 4.69) is 5.32 Å². The first-order chi connectivity index (χ1) is 8.65. The Morgan fingerprint density at radius 3 is 2.94 bits per heavy atom. The second-order valence-electron chi connectivity index (χ2n) is 4.03. The lowest BCUT2D eigenvalue weighted by Crippen LogP contribution is -2.33. The maximum Gasteiger partial charge on any atom is 0.222 e. The fraction of sp³-hybridized carbons (Fsp3) is 0.462. The number of carbonyl (C=O) groups excluding carboxylic acids is 1. The summed E-state index contributed by atoms with van der Waals surface area (Å²) in [6.07, 6.45) is 0.596. The zero-order valence-electron chi connectivity index (χ0n) is 10.5. The van der Waals surface area contributed by atoms with Gasteiger partial charge in [0, 0.05) is 20.2 Å². The van der Waals surface area contributed by atoms with Crippen LogP contribution in [0, 0.1) is 5.82 Å². The fourth-order valence-electron chi connectivity index (χ4n) is 1.58. The van der Waals surface area contributed by atoms with Gasteiger partial charge in [0.15, 0.2) is 0 Å². The number of methoxy groups -OCH3 is 1. The molecule has 1 unspecified atom stereocenters. The highest BCUT2D eigenvalue weighted by atomic mass is 19.1. The molecule has 4 nitrogen and oxygen atoms in total. The second-order valence-corrected chi connectivity index (χ2v) is 4.03. The van der Waals surface area contributed by atoms with Gasteiger partial charge in [0.2, 0.25) is 5.91 Å². The molecular formula is C13H19FN2O2. The van der Waals surface area contributed by atoms with Crippen LogP contribution in [-0.4, -0.2) is 32.2 Å². The Bertz CT molecular complexity index is 381. The molecule has 5 heteroatoms. The Morgan fingerprint density at radius 2 is 2.33 bits per heavy atom. The number of halogens is 1. The first-order valence-electron chi connectivity index (χ1n) is 5.89. The molecule has 18 heavy (non-hydrogen) atoms. The molecule has 0 aromatic heterocycles. The maximum absolute atomic E-state index is 12.9. The lowest BCUT2D eigenvalue weighted by Gasteiger charge is -2.12. The molecular weight excluding hydrogens is 235 g/mol. The van der Waals surface area contributed by atoms with Crippen LogP contribution in [0.5, 0.6) is 0 Å². The van der Waals surface area contributed by atoms with Crippen LogP contribution in [0.2, 0.25) is 0 Å². The van der Waals surface area contributed by atoms with Crippen LogP contribution >= 0.6 is 0 Å². The molecule has 0 aliphatic carbocycles. The van der Waals surface area contributed by atoms with Gasteiger partial charge in [-0.1, -0.05) is 12.1 Å². The molecule has 0 bridgehead atoms. The van der Waals surface area contributed by atoms with E-state index in [1.165, 1.54) is 19.2 Å². The SMILES string of the molecule is COC(CN)CC(=O)NCCc1cccc(F)c1. The van der Waals surface area contributed by atoms with Crippen molar-refractivity contribution in [1.29, 1.82) is 0 Å². The summed E-state index contributed by atoms with van der Waals surface area (Å²) in [5, 5.41) is 2.75. The van der Waals surface area contributed by atoms with E-state index in [-0.39, 0.29) is 24.2 Å². The smallest absolute Gasteiger partial charge is 0.222 e. The third-order valence-electron chi connectivity index (χ3n) is 2.63. The number of rotatable bonds is 7. The van der Waals surface area contributed by atoms with Gasteiger partial charge in [0.25, 0.3) is 0 Å². The third-order valence-corrected chi connectivity index (χ3v) is 2.63. The summed E-state index contributed by atoms with van der Waals surface area (Å²) in [5.41, 5.74) is 6.28. The lowest BCUT2D eigenvalue weighted by atomic mass is 10.1. The highest BCUT2D eigenvalue weighted by Crippen LogP contribution is 2.03. The summed E-state index contributed by atoms with van der Waals surface area (Å²) in [6, 6.07) is 6.34. The van der Waals surface area contributed by atoms with Gasteiger partial charge in [-0.05, 0) is 24.1 Å². The first-order valence-corrected chi connectivity index (χ1v) is 5.89. The number of carbonyl (C=O) groups is 1. The van der Waals surface area contributed by atoms with Crippen molar-refractivity contribution >= 4 is 5.91 Å². The minimum absolute atomic E-state index is 0.108. The van der Waals surface area contributed by atoms with E-state index in [1.807, 2.05) is 6.07 Å². The first kappa shape index (κ1) is 14.6. The van der Waals surface area contributed by atoms with Crippen LogP contribution in [0.3, 0.4) is 0 Å². The van der Waals surface area contributed by atoms with Gasteiger partial charge in [-0.15, -0.1) is 0 Å². The molecule has 0 radical (unpaired) electrons. The van der Waals surface area contributed by atoms with Gasteiger partial charge >= 0.3 is 0 Å². The number of amides is 1. The topological polar surface area (TPSA) is 64.3 Å². The third kappa shape index (κ3) is 5.25. The molecule has 1 aromatic carbocycles. The summed E-state index contributed by atoms with van der Waals surface area (Å²) in [6.45, 7) is 0.789. The van der Waals surface area contributed by atoms with Crippen molar-refractivity contribution in [1.82, 2.24) is 5.32 Å². The molecule has 0 fully saturated rings. The summed E-state index contributed by atoms with van der Waals surface area (Å²) in [4.78, 5) is 11.5. The van der Waals surface area contributed by atoms with Gasteiger partial charge in [0.1, 0.15) is 5.82 Å². The molecule has 100 valence electrons. The minimum atomic E-state index is -0.263. The van der Waals surface area contributed by atoms with Gasteiger partial charge in [0.05, 0.1) is 12.5 Å². The summed E-state index contributed by atoms with van der Waals surface area (Å²) < 4.78 is 17.9. The molecule has 1 amide bonds. The van der Waals surface area contributed by atoms with Crippen molar-refractivity contribution < 1.29 is 13.9 Å². The monoisotopic (exact) mass is 254 g/mol. The van der Waals surface area contributed by atoms with Gasteiger partial charge in [-0.25, -0.2) is 4.39 Å². The molecule has 0 aliphatic rings. The predicted octanol–water partition coefficient (Wildman–Crippen LogP) is 0.848. The highest BCUT2D eigenvalue weighted by Gasteiger charge is 2.10. The van der Waals surface area contributed by atoms with Crippen LogP contribution in [0.1, 0.15) is 12.0 Å². The zero-order chi connectivity index (χ0) is 13.4. The van der Waals surface area contributed by atoms with Crippen LogP contribution in [0.4, 0.5) is 4.39 Å². The largest absolute Gasteiger partial charge is 0.380 e. The number of hydrogen-bond donors (Lipinski definition) is 2. The number of benzene rings is 1. The van der Waals surface area contributed by atoms with Gasteiger partial charge in [-0.3, -0.25) is 4.79 Å². The van der Waals surface area contributed by atoms with E-state index < -0.39 is 0 Å². The highest BCUT2D eigenvalue weighted by molar-refractivity contribution is 5.76. The Kier molecular flexibility index (Phi) is 6.32. The van der Waals surface area contributed by atoms with Gasteiger partial charge in [-0.2, -0.15) is 0 Å². The Labute approximate surface area is 106 Å². The van der Waals surface area contributed by atoms with Crippen LogP contribution in [-0.2, 0) is 16.0 Å². The quantitative estimate of drug-likeness (QED) is 0.758. The minimum Gasteiger partial charge on any atom is -0.380 e. The predicted molar refractivity (Wildman–Crippen MR) is 67.6 cm³/mol. The van der Waals surface area contributed by atoms with E-state index in [1.54, 1.807) is 6.07 Å². The Balaban J connectivity index is 2.27. The zero-order valence-corrected chi connectivity index (χ0v) is 10.5. The van der Waals surface area contributed by atoms with Crippen molar-refractivity contribution in [2.24, 2.45) is 5.73 Å². The van der Waals surface area contributed by atoms with Crippen molar-refractivity contribution in [2.45, 2.75) is 18.9 Å². The van der Waals surface area contributed by atoms with E-state index >= 15 is 0 Å². The van der Waals surface area contributed by atoms with E-state index in [4.69, 9.17) is 10.5 Å². The summed E-state index contributed by atoms with van der Waals surface area (Å²) in [5.74, 6) is -0.370. The van der Waals surface area contributed by atoms with Crippen molar-refractivity contribution in [2.75, 3.05) is 20.2 Å². The molecule has 1 atom stereocenters. The second kappa shape index (κ2) is 7.79. The van der Waals surface area contributed by atoms with Crippen LogP contribution in [0.25, 0.3) is 0 Å². The van der Waals surface area contributed by atoms with Gasteiger partial charge < -0.3 is 15.8 Å². The summed E-state index contributed by atoms with van der Waals surface area (Å²) in [7, 11) is 1.53. The Hall–Kier alpha value is -1.46. The molecule has 0 saturated heterocycles. The number of nitrogens with two attached hydrogens (primary N) is 1. The van der Waals surface area contributed by atoms with Crippen molar-refractivity contribution in [3.63, 3.8) is 0 Å². The number of ether oxygens (including phenoxy) is 1.